The van der Waals surface area contributed by atoms with Gasteiger partial charge in [-0.3, -0.25) is 4.79 Å². The molecule has 0 aliphatic carbocycles. The van der Waals surface area contributed by atoms with E-state index in [0.717, 1.165) is 19.6 Å². The lowest BCUT2D eigenvalue weighted by molar-refractivity contribution is -0.116. The molecule has 2 N–H and O–H groups in total. The predicted octanol–water partition coefficient (Wildman–Crippen LogP) is 1.20. The molecule has 102 valence electrons. The maximum absolute atomic E-state index is 11.7. The van der Waals surface area contributed by atoms with Crippen molar-refractivity contribution in [2.24, 2.45) is 0 Å². The van der Waals surface area contributed by atoms with E-state index in [-0.39, 0.29) is 11.6 Å². The lowest BCUT2D eigenvalue weighted by Gasteiger charge is -2.13. The molecule has 1 aromatic rings. The lowest BCUT2D eigenvalue weighted by Crippen LogP contribution is -2.25. The first-order valence-corrected chi connectivity index (χ1v) is 6.37. The first kappa shape index (κ1) is 13.5. The van der Waals surface area contributed by atoms with Crippen molar-refractivity contribution >= 4 is 17.6 Å². The third kappa shape index (κ3) is 4.03. The van der Waals surface area contributed by atoms with Gasteiger partial charge in [0, 0.05) is 13.0 Å². The molecule has 2 heterocycles. The van der Waals surface area contributed by atoms with Gasteiger partial charge in [0.05, 0.1) is 11.9 Å². The third-order valence-electron chi connectivity index (χ3n) is 3.12. The van der Waals surface area contributed by atoms with Crippen molar-refractivity contribution in [2.75, 3.05) is 25.0 Å². The summed E-state index contributed by atoms with van der Waals surface area (Å²) >= 11 is 0. The number of amides is 1. The number of hydrogen-bond donors (Lipinski definition) is 2. The Balaban J connectivity index is 1.79. The van der Waals surface area contributed by atoms with Gasteiger partial charge in [-0.05, 0) is 38.1 Å². The number of carbonyl (C=O) groups is 2. The first-order valence-electron chi connectivity index (χ1n) is 6.37. The van der Waals surface area contributed by atoms with Gasteiger partial charge in [0.1, 0.15) is 5.69 Å². The summed E-state index contributed by atoms with van der Waals surface area (Å²) in [6.07, 6.45) is 4.22. The monoisotopic (exact) mass is 263 g/mol. The largest absolute Gasteiger partial charge is 0.477 e. The van der Waals surface area contributed by atoms with E-state index in [1.807, 2.05) is 0 Å². The van der Waals surface area contributed by atoms with Crippen molar-refractivity contribution in [1.82, 2.24) is 9.88 Å². The van der Waals surface area contributed by atoms with Crippen LogP contribution in [0.15, 0.2) is 18.3 Å². The molecule has 6 nitrogen and oxygen atoms in total. The Labute approximate surface area is 111 Å². The molecule has 1 fully saturated rings. The zero-order chi connectivity index (χ0) is 13.7. The molecule has 0 unspecified atom stereocenters. The number of carboxylic acids is 1. The van der Waals surface area contributed by atoms with Crippen molar-refractivity contribution in [3.05, 3.63) is 24.0 Å². The van der Waals surface area contributed by atoms with Gasteiger partial charge in [-0.1, -0.05) is 0 Å². The van der Waals surface area contributed by atoms with Crippen LogP contribution in [-0.4, -0.2) is 46.5 Å². The number of pyridine rings is 1. The Bertz CT molecular complexity index is 453. The Morgan fingerprint density at radius 1 is 1.32 bits per heavy atom. The van der Waals surface area contributed by atoms with Crippen LogP contribution in [0.4, 0.5) is 5.69 Å². The number of aromatic carboxylic acids is 1. The minimum absolute atomic E-state index is 0.0323. The van der Waals surface area contributed by atoms with Gasteiger partial charge in [0.25, 0.3) is 0 Å². The molecular weight excluding hydrogens is 246 g/mol. The van der Waals surface area contributed by atoms with Crippen molar-refractivity contribution in [1.29, 1.82) is 0 Å². The average molecular weight is 263 g/mol. The fourth-order valence-corrected chi connectivity index (χ4v) is 2.08. The molecule has 2 rings (SSSR count). The zero-order valence-electron chi connectivity index (χ0n) is 10.6. The van der Waals surface area contributed by atoms with Crippen molar-refractivity contribution in [2.45, 2.75) is 19.3 Å². The standard InChI is InChI=1S/C13H17N3O3/c17-12(5-8-16-6-1-2-7-16)15-10-3-4-11(13(18)19)14-9-10/h3-4,9H,1-2,5-8H2,(H,15,17)(H,18,19). The molecule has 0 bridgehead atoms. The predicted molar refractivity (Wildman–Crippen MR) is 70.1 cm³/mol. The van der Waals surface area contributed by atoms with Crippen LogP contribution in [0, 0.1) is 0 Å². The summed E-state index contributed by atoms with van der Waals surface area (Å²) in [6.45, 7) is 2.91. The van der Waals surface area contributed by atoms with Crippen LogP contribution in [0.25, 0.3) is 0 Å². The number of hydrogen-bond acceptors (Lipinski definition) is 4. The van der Waals surface area contributed by atoms with Crippen molar-refractivity contribution < 1.29 is 14.7 Å². The first-order chi connectivity index (χ1) is 9.15. The highest BCUT2D eigenvalue weighted by atomic mass is 16.4. The molecule has 19 heavy (non-hydrogen) atoms. The van der Waals surface area contributed by atoms with Crippen LogP contribution in [-0.2, 0) is 4.79 Å². The molecule has 0 radical (unpaired) electrons. The quantitative estimate of drug-likeness (QED) is 0.834. The summed E-state index contributed by atoms with van der Waals surface area (Å²) in [4.78, 5) is 28.3. The van der Waals surface area contributed by atoms with E-state index in [2.05, 4.69) is 15.2 Å². The molecule has 1 saturated heterocycles. The number of nitrogens with zero attached hydrogens (tertiary/aromatic N) is 2. The Kier molecular flexibility index (Phi) is 4.46. The van der Waals surface area contributed by atoms with Gasteiger partial charge in [0.2, 0.25) is 5.91 Å². The fourth-order valence-electron chi connectivity index (χ4n) is 2.08. The van der Waals surface area contributed by atoms with E-state index in [1.165, 1.54) is 25.1 Å². The van der Waals surface area contributed by atoms with Crippen molar-refractivity contribution in [3.63, 3.8) is 0 Å². The molecule has 0 atom stereocenters. The van der Waals surface area contributed by atoms with Crippen LogP contribution in [0.2, 0.25) is 0 Å². The van der Waals surface area contributed by atoms with Gasteiger partial charge < -0.3 is 15.3 Å². The second-order valence-electron chi connectivity index (χ2n) is 4.58. The summed E-state index contributed by atoms with van der Waals surface area (Å²) in [5.41, 5.74) is 0.492. The Morgan fingerprint density at radius 3 is 2.63 bits per heavy atom. The molecule has 6 heteroatoms. The molecule has 1 aliphatic heterocycles. The van der Waals surface area contributed by atoms with E-state index < -0.39 is 5.97 Å². The van der Waals surface area contributed by atoms with Crippen LogP contribution >= 0.6 is 0 Å². The Hall–Kier alpha value is -1.95. The summed E-state index contributed by atoms with van der Waals surface area (Å²) in [7, 11) is 0. The number of likely N-dealkylation sites (tertiary alicyclic amines) is 1. The lowest BCUT2D eigenvalue weighted by atomic mass is 10.3. The van der Waals surface area contributed by atoms with E-state index >= 15 is 0 Å². The smallest absolute Gasteiger partial charge is 0.354 e. The number of aromatic nitrogens is 1. The molecule has 0 spiro atoms. The number of rotatable bonds is 5. The van der Waals surface area contributed by atoms with Gasteiger partial charge >= 0.3 is 5.97 Å². The number of carboxylic acid groups (broad SMARTS) is 1. The highest BCUT2D eigenvalue weighted by Gasteiger charge is 2.13. The molecular formula is C13H17N3O3. The maximum Gasteiger partial charge on any atom is 0.354 e. The minimum Gasteiger partial charge on any atom is -0.477 e. The van der Waals surface area contributed by atoms with Crippen LogP contribution in [0.5, 0.6) is 0 Å². The van der Waals surface area contributed by atoms with Crippen LogP contribution in [0.1, 0.15) is 29.8 Å². The van der Waals surface area contributed by atoms with Gasteiger partial charge in [-0.25, -0.2) is 9.78 Å². The second-order valence-corrected chi connectivity index (χ2v) is 4.58. The zero-order valence-corrected chi connectivity index (χ0v) is 10.6. The normalized spacial score (nSPS) is 15.4. The topological polar surface area (TPSA) is 82.5 Å². The fraction of sp³-hybridized carbons (Fsp3) is 0.462. The summed E-state index contributed by atoms with van der Waals surface area (Å²) < 4.78 is 0. The van der Waals surface area contributed by atoms with Crippen LogP contribution in [0.3, 0.4) is 0 Å². The van der Waals surface area contributed by atoms with Gasteiger partial charge in [-0.2, -0.15) is 0 Å². The van der Waals surface area contributed by atoms with E-state index in [0.29, 0.717) is 12.1 Å². The molecule has 0 aromatic carbocycles. The SMILES string of the molecule is O=C(CCN1CCCC1)Nc1ccc(C(=O)O)nc1. The molecule has 1 aromatic heterocycles. The third-order valence-corrected chi connectivity index (χ3v) is 3.12. The average Bonchev–Trinajstić information content (AvgIpc) is 2.90. The number of carbonyl (C=O) groups excluding carboxylic acids is 1. The van der Waals surface area contributed by atoms with Gasteiger partial charge in [0.15, 0.2) is 0 Å². The maximum atomic E-state index is 11.7. The van der Waals surface area contributed by atoms with Crippen molar-refractivity contribution in [3.8, 4) is 0 Å². The minimum atomic E-state index is -1.08. The molecule has 0 saturated carbocycles. The highest BCUT2D eigenvalue weighted by Crippen LogP contribution is 2.09. The highest BCUT2D eigenvalue weighted by molar-refractivity contribution is 5.91. The second kappa shape index (κ2) is 6.29. The van der Waals surface area contributed by atoms with E-state index in [4.69, 9.17) is 5.11 Å². The molecule has 1 aliphatic rings. The summed E-state index contributed by atoms with van der Waals surface area (Å²) in [6, 6.07) is 2.92. The molecule has 1 amide bonds. The van der Waals surface area contributed by atoms with E-state index in [1.54, 1.807) is 6.07 Å². The van der Waals surface area contributed by atoms with Gasteiger partial charge in [-0.15, -0.1) is 0 Å². The number of anilines is 1. The number of nitrogens with one attached hydrogen (secondary N) is 1. The summed E-state index contributed by atoms with van der Waals surface area (Å²) in [5.74, 6) is -1.15. The Morgan fingerprint density at radius 2 is 2.05 bits per heavy atom. The van der Waals surface area contributed by atoms with Crippen LogP contribution < -0.4 is 5.32 Å². The summed E-state index contributed by atoms with van der Waals surface area (Å²) in [5, 5.41) is 11.4. The van der Waals surface area contributed by atoms with E-state index in [9.17, 15) is 9.59 Å².